The first-order valence-electron chi connectivity index (χ1n) is 7.49. The van der Waals surface area contributed by atoms with E-state index in [0.717, 1.165) is 31.0 Å². The minimum atomic E-state index is 0.128. The van der Waals surface area contributed by atoms with Gasteiger partial charge in [-0.05, 0) is 47.5 Å². The van der Waals surface area contributed by atoms with Crippen LogP contribution in [0.1, 0.15) is 35.4 Å². The first-order chi connectivity index (χ1) is 10.2. The van der Waals surface area contributed by atoms with E-state index in [4.69, 9.17) is 17.3 Å². The molecule has 0 aliphatic carbocycles. The fourth-order valence-corrected chi connectivity index (χ4v) is 4.24. The molecule has 1 aliphatic heterocycles. The lowest BCUT2D eigenvalue weighted by atomic mass is 9.94. The summed E-state index contributed by atoms with van der Waals surface area (Å²) in [6.07, 6.45) is 2.09. The SMILES string of the molecule is CCC(N)C(c1cccc(Cl)c1)N1CCc2sccc2C1. The lowest BCUT2D eigenvalue weighted by Gasteiger charge is -2.38. The topological polar surface area (TPSA) is 29.3 Å². The van der Waals surface area contributed by atoms with Gasteiger partial charge >= 0.3 is 0 Å². The van der Waals surface area contributed by atoms with Crippen LogP contribution in [0.25, 0.3) is 0 Å². The van der Waals surface area contributed by atoms with Crippen molar-refractivity contribution >= 4 is 22.9 Å². The third-order valence-electron chi connectivity index (χ3n) is 4.30. The number of fused-ring (bicyclic) bond motifs is 1. The molecule has 0 amide bonds. The number of nitrogens with zero attached hydrogens (tertiary/aromatic N) is 1. The molecule has 1 aliphatic rings. The second kappa shape index (κ2) is 6.49. The van der Waals surface area contributed by atoms with Gasteiger partial charge in [0.05, 0.1) is 6.04 Å². The third-order valence-corrected chi connectivity index (χ3v) is 5.56. The molecule has 112 valence electrons. The van der Waals surface area contributed by atoms with E-state index >= 15 is 0 Å². The predicted octanol–water partition coefficient (Wildman–Crippen LogP) is 4.24. The second-order valence-electron chi connectivity index (χ2n) is 5.66. The maximum atomic E-state index is 6.44. The molecule has 0 spiro atoms. The normalized spacial score (nSPS) is 18.2. The van der Waals surface area contributed by atoms with Gasteiger partial charge in [0.25, 0.3) is 0 Å². The van der Waals surface area contributed by atoms with Crippen molar-refractivity contribution in [2.75, 3.05) is 6.54 Å². The molecule has 3 rings (SSSR count). The van der Waals surface area contributed by atoms with Crippen LogP contribution in [0.2, 0.25) is 5.02 Å². The van der Waals surface area contributed by atoms with Crippen molar-refractivity contribution < 1.29 is 0 Å². The van der Waals surface area contributed by atoms with Crippen molar-refractivity contribution in [2.45, 2.75) is 38.4 Å². The molecule has 2 N–H and O–H groups in total. The molecule has 0 saturated heterocycles. The standard InChI is InChI=1S/C17H21ClN2S/c1-2-15(19)17(12-4-3-5-14(18)10-12)20-8-6-16-13(11-20)7-9-21-16/h3-5,7,9-10,15,17H,2,6,8,11,19H2,1H3. The van der Waals surface area contributed by atoms with E-state index in [1.807, 2.05) is 23.5 Å². The van der Waals surface area contributed by atoms with Crippen molar-refractivity contribution in [1.82, 2.24) is 4.90 Å². The Morgan fingerprint density at radius 1 is 1.38 bits per heavy atom. The number of halogens is 1. The van der Waals surface area contributed by atoms with Gasteiger partial charge in [0.1, 0.15) is 0 Å². The van der Waals surface area contributed by atoms with Gasteiger partial charge in [-0.15, -0.1) is 11.3 Å². The van der Waals surface area contributed by atoms with Gasteiger partial charge in [-0.1, -0.05) is 30.7 Å². The van der Waals surface area contributed by atoms with Crippen LogP contribution < -0.4 is 5.73 Å². The zero-order chi connectivity index (χ0) is 14.8. The average Bonchev–Trinajstić information content (AvgIpc) is 2.95. The van der Waals surface area contributed by atoms with Gasteiger partial charge < -0.3 is 5.73 Å². The summed E-state index contributed by atoms with van der Waals surface area (Å²) < 4.78 is 0. The molecule has 0 radical (unpaired) electrons. The number of hydrogen-bond donors (Lipinski definition) is 1. The van der Waals surface area contributed by atoms with Crippen molar-refractivity contribution in [3.05, 3.63) is 56.7 Å². The zero-order valence-corrected chi connectivity index (χ0v) is 13.8. The van der Waals surface area contributed by atoms with Gasteiger partial charge in [0.15, 0.2) is 0 Å². The van der Waals surface area contributed by atoms with Gasteiger partial charge in [-0.2, -0.15) is 0 Å². The highest BCUT2D eigenvalue weighted by molar-refractivity contribution is 7.10. The van der Waals surface area contributed by atoms with Gasteiger partial charge in [-0.3, -0.25) is 4.90 Å². The highest BCUT2D eigenvalue weighted by Gasteiger charge is 2.29. The van der Waals surface area contributed by atoms with E-state index in [-0.39, 0.29) is 12.1 Å². The van der Waals surface area contributed by atoms with Crippen molar-refractivity contribution in [2.24, 2.45) is 5.73 Å². The largest absolute Gasteiger partial charge is 0.326 e. The van der Waals surface area contributed by atoms with Crippen LogP contribution in [0.4, 0.5) is 0 Å². The summed E-state index contributed by atoms with van der Waals surface area (Å²) in [6, 6.07) is 10.8. The van der Waals surface area contributed by atoms with Crippen molar-refractivity contribution in [3.63, 3.8) is 0 Å². The zero-order valence-electron chi connectivity index (χ0n) is 12.3. The van der Waals surface area contributed by atoms with E-state index in [1.54, 1.807) is 0 Å². The van der Waals surface area contributed by atoms with E-state index in [1.165, 1.54) is 16.0 Å². The fraction of sp³-hybridized carbons (Fsp3) is 0.412. The summed E-state index contributed by atoms with van der Waals surface area (Å²) in [5.41, 5.74) is 9.14. The van der Waals surface area contributed by atoms with Crippen LogP contribution >= 0.6 is 22.9 Å². The molecule has 1 aromatic carbocycles. The Labute approximate surface area is 135 Å². The number of nitrogens with two attached hydrogens (primary N) is 1. The van der Waals surface area contributed by atoms with Crippen LogP contribution in [0.3, 0.4) is 0 Å². The van der Waals surface area contributed by atoms with Crippen LogP contribution in [0.5, 0.6) is 0 Å². The molecule has 2 heterocycles. The quantitative estimate of drug-likeness (QED) is 0.913. The second-order valence-corrected chi connectivity index (χ2v) is 7.10. The lowest BCUT2D eigenvalue weighted by Crippen LogP contribution is -2.43. The molecule has 21 heavy (non-hydrogen) atoms. The number of benzene rings is 1. The number of hydrogen-bond acceptors (Lipinski definition) is 3. The molecule has 2 atom stereocenters. The Morgan fingerprint density at radius 2 is 2.24 bits per heavy atom. The van der Waals surface area contributed by atoms with E-state index in [0.29, 0.717) is 0 Å². The highest BCUT2D eigenvalue weighted by Crippen LogP contribution is 2.33. The summed E-state index contributed by atoms with van der Waals surface area (Å²) in [6.45, 7) is 4.21. The summed E-state index contributed by atoms with van der Waals surface area (Å²) in [5.74, 6) is 0. The number of rotatable bonds is 4. The van der Waals surface area contributed by atoms with E-state index in [2.05, 4.69) is 35.4 Å². The maximum absolute atomic E-state index is 6.44. The summed E-state index contributed by atoms with van der Waals surface area (Å²) in [5, 5.41) is 2.98. The van der Waals surface area contributed by atoms with Crippen LogP contribution in [-0.4, -0.2) is 17.5 Å². The lowest BCUT2D eigenvalue weighted by molar-refractivity contribution is 0.154. The van der Waals surface area contributed by atoms with E-state index < -0.39 is 0 Å². The molecular weight excluding hydrogens is 300 g/mol. The minimum absolute atomic E-state index is 0.128. The number of thiophene rings is 1. The molecule has 2 nitrogen and oxygen atoms in total. The molecule has 1 aromatic heterocycles. The Morgan fingerprint density at radius 3 is 3.00 bits per heavy atom. The Hall–Kier alpha value is -0.870. The van der Waals surface area contributed by atoms with Gasteiger partial charge in [0, 0.05) is 29.0 Å². The maximum Gasteiger partial charge on any atom is 0.0503 e. The molecule has 0 saturated carbocycles. The van der Waals surface area contributed by atoms with Crippen molar-refractivity contribution in [3.8, 4) is 0 Å². The van der Waals surface area contributed by atoms with Crippen molar-refractivity contribution in [1.29, 1.82) is 0 Å². The molecule has 0 fully saturated rings. The molecule has 2 unspecified atom stereocenters. The Bertz CT molecular complexity index is 610. The van der Waals surface area contributed by atoms with Crippen LogP contribution in [-0.2, 0) is 13.0 Å². The molecule has 0 bridgehead atoms. The molecular formula is C17H21ClN2S. The van der Waals surface area contributed by atoms with Gasteiger partial charge in [0.2, 0.25) is 0 Å². The van der Waals surface area contributed by atoms with Gasteiger partial charge in [-0.25, -0.2) is 0 Å². The first-order valence-corrected chi connectivity index (χ1v) is 8.75. The highest BCUT2D eigenvalue weighted by atomic mass is 35.5. The third kappa shape index (κ3) is 3.16. The smallest absolute Gasteiger partial charge is 0.0503 e. The predicted molar refractivity (Wildman–Crippen MR) is 90.9 cm³/mol. The van der Waals surface area contributed by atoms with E-state index in [9.17, 15) is 0 Å². The van der Waals surface area contributed by atoms with Crippen LogP contribution in [0, 0.1) is 0 Å². The minimum Gasteiger partial charge on any atom is -0.326 e. The summed E-state index contributed by atoms with van der Waals surface area (Å²) in [4.78, 5) is 4.04. The summed E-state index contributed by atoms with van der Waals surface area (Å²) in [7, 11) is 0. The monoisotopic (exact) mass is 320 g/mol. The molecule has 2 aromatic rings. The Balaban J connectivity index is 1.90. The molecule has 4 heteroatoms. The first kappa shape index (κ1) is 15.0. The average molecular weight is 321 g/mol. The summed E-state index contributed by atoms with van der Waals surface area (Å²) >= 11 is 8.05. The van der Waals surface area contributed by atoms with Crippen LogP contribution in [0.15, 0.2) is 35.7 Å². The Kier molecular flexibility index (Phi) is 4.65. The fourth-order valence-electron chi connectivity index (χ4n) is 3.15.